The molecule has 3 amide bonds. The Morgan fingerprint density at radius 2 is 1.85 bits per heavy atom. The van der Waals surface area contributed by atoms with Crippen LogP contribution in [0.1, 0.15) is 40.2 Å². The molecule has 176 valence electrons. The maximum Gasteiger partial charge on any atom is 0.321 e. The van der Waals surface area contributed by atoms with Gasteiger partial charge in [-0.3, -0.25) is 4.79 Å². The van der Waals surface area contributed by atoms with E-state index in [1.54, 1.807) is 31.4 Å². The van der Waals surface area contributed by atoms with E-state index in [1.165, 1.54) is 0 Å². The van der Waals surface area contributed by atoms with Gasteiger partial charge in [0.25, 0.3) is 5.91 Å². The molecule has 0 aromatic heterocycles. The molecular weight excluding hydrogens is 450 g/mol. The lowest BCUT2D eigenvalue weighted by Crippen LogP contribution is -2.41. The molecule has 1 saturated heterocycles. The zero-order valence-electron chi connectivity index (χ0n) is 19.1. The zero-order valence-corrected chi connectivity index (χ0v) is 19.8. The Labute approximate surface area is 204 Å². The third kappa shape index (κ3) is 5.88. The smallest absolute Gasteiger partial charge is 0.321 e. The van der Waals surface area contributed by atoms with Crippen molar-refractivity contribution in [2.45, 2.75) is 25.3 Å². The number of likely N-dealkylation sites (tertiary alicyclic amines) is 1. The number of hydrogen-bond donors (Lipinski definition) is 2. The number of amides is 3. The van der Waals surface area contributed by atoms with Crippen LogP contribution in [0.3, 0.4) is 0 Å². The second-order valence-corrected chi connectivity index (χ2v) is 8.78. The van der Waals surface area contributed by atoms with Gasteiger partial charge in [-0.2, -0.15) is 0 Å². The number of carbonyl (C=O) groups is 2. The highest BCUT2D eigenvalue weighted by Gasteiger charge is 2.25. The highest BCUT2D eigenvalue weighted by Crippen LogP contribution is 2.28. The van der Waals surface area contributed by atoms with Gasteiger partial charge in [0, 0.05) is 47.4 Å². The summed E-state index contributed by atoms with van der Waals surface area (Å²) in [5, 5.41) is 6.54. The molecule has 0 aliphatic carbocycles. The van der Waals surface area contributed by atoms with Gasteiger partial charge in [-0.1, -0.05) is 41.9 Å². The molecule has 1 heterocycles. The predicted octanol–water partition coefficient (Wildman–Crippen LogP) is 5.69. The lowest BCUT2D eigenvalue weighted by atomic mass is 9.89. The summed E-state index contributed by atoms with van der Waals surface area (Å²) in [5.74, 6) is 0.781. The highest BCUT2D eigenvalue weighted by atomic mass is 35.5. The first-order valence-corrected chi connectivity index (χ1v) is 11.7. The molecule has 1 aliphatic rings. The van der Waals surface area contributed by atoms with Gasteiger partial charge in [0.05, 0.1) is 7.11 Å². The largest absolute Gasteiger partial charge is 0.496 e. The van der Waals surface area contributed by atoms with E-state index in [4.69, 9.17) is 16.3 Å². The molecule has 3 aromatic rings. The maximum atomic E-state index is 12.8. The molecule has 3 aromatic carbocycles. The van der Waals surface area contributed by atoms with Crippen LogP contribution >= 0.6 is 11.6 Å². The highest BCUT2D eigenvalue weighted by molar-refractivity contribution is 6.30. The number of benzene rings is 3. The van der Waals surface area contributed by atoms with Gasteiger partial charge in [0.1, 0.15) is 5.75 Å². The summed E-state index contributed by atoms with van der Waals surface area (Å²) in [5.41, 5.74) is 3.30. The van der Waals surface area contributed by atoms with Crippen LogP contribution in [-0.2, 0) is 6.54 Å². The number of anilines is 1. The molecule has 1 atom stereocenters. The summed E-state index contributed by atoms with van der Waals surface area (Å²) in [7, 11) is 1.62. The standard InChI is InChI=1S/C27H28ClN3O3/c1-34-25-10-3-2-6-21(25)17-29-26(32)20-8-4-7-19(16-20)22-9-5-15-31(18-22)27(33)30-24-13-11-23(28)12-14-24/h2-4,6-8,10-14,16,22H,5,9,15,17-18H2,1H3,(H,29,32)(H,30,33)/t22-/m1/s1. The van der Waals surface area contributed by atoms with Crippen LogP contribution in [0, 0.1) is 0 Å². The maximum absolute atomic E-state index is 12.8. The van der Waals surface area contributed by atoms with Crippen LogP contribution in [0.2, 0.25) is 5.02 Å². The average Bonchev–Trinajstić information content (AvgIpc) is 2.89. The summed E-state index contributed by atoms with van der Waals surface area (Å²) in [6, 6.07) is 22.3. The topological polar surface area (TPSA) is 70.7 Å². The number of para-hydroxylation sites is 1. The van der Waals surface area contributed by atoms with Crippen LogP contribution in [0.4, 0.5) is 10.5 Å². The number of carbonyl (C=O) groups excluding carboxylic acids is 2. The molecule has 34 heavy (non-hydrogen) atoms. The van der Waals surface area contributed by atoms with E-state index in [1.807, 2.05) is 53.4 Å². The molecule has 4 rings (SSSR count). The molecule has 1 fully saturated rings. The third-order valence-electron chi connectivity index (χ3n) is 6.06. The number of nitrogens with zero attached hydrogens (tertiary/aromatic N) is 1. The molecule has 0 unspecified atom stereocenters. The second kappa shape index (κ2) is 11.1. The lowest BCUT2D eigenvalue weighted by molar-refractivity contribution is 0.0950. The Morgan fingerprint density at radius 1 is 1.06 bits per heavy atom. The van der Waals surface area contributed by atoms with Crippen molar-refractivity contribution < 1.29 is 14.3 Å². The van der Waals surface area contributed by atoms with Crippen molar-refractivity contribution in [2.75, 3.05) is 25.5 Å². The summed E-state index contributed by atoms with van der Waals surface area (Å²) < 4.78 is 5.36. The summed E-state index contributed by atoms with van der Waals surface area (Å²) in [4.78, 5) is 27.4. The summed E-state index contributed by atoms with van der Waals surface area (Å²) in [6.07, 6.45) is 1.87. The SMILES string of the molecule is COc1ccccc1CNC(=O)c1cccc([C@@H]2CCCN(C(=O)Nc3ccc(Cl)cc3)C2)c1. The lowest BCUT2D eigenvalue weighted by Gasteiger charge is -2.33. The molecule has 0 saturated carbocycles. The normalized spacial score (nSPS) is 15.5. The molecule has 0 bridgehead atoms. The third-order valence-corrected chi connectivity index (χ3v) is 6.31. The van der Waals surface area contributed by atoms with E-state index in [0.717, 1.165) is 29.7 Å². The Hall–Kier alpha value is -3.51. The Bertz CT molecular complexity index is 1150. The van der Waals surface area contributed by atoms with Gasteiger partial charge < -0.3 is 20.3 Å². The second-order valence-electron chi connectivity index (χ2n) is 8.34. The predicted molar refractivity (Wildman–Crippen MR) is 135 cm³/mol. The minimum absolute atomic E-state index is 0.127. The molecule has 2 N–H and O–H groups in total. The minimum atomic E-state index is -0.138. The van der Waals surface area contributed by atoms with Crippen LogP contribution in [0.25, 0.3) is 0 Å². The van der Waals surface area contributed by atoms with Crippen molar-refractivity contribution in [3.8, 4) is 5.75 Å². The first-order chi connectivity index (χ1) is 16.5. The van der Waals surface area contributed by atoms with Gasteiger partial charge in [-0.25, -0.2) is 4.79 Å². The number of rotatable bonds is 6. The first kappa shape index (κ1) is 23.6. The molecule has 0 spiro atoms. The van der Waals surface area contributed by atoms with Crippen molar-refractivity contribution in [3.05, 3.63) is 94.5 Å². The van der Waals surface area contributed by atoms with Gasteiger partial charge in [-0.15, -0.1) is 0 Å². The molecule has 7 heteroatoms. The van der Waals surface area contributed by atoms with Crippen molar-refractivity contribution >= 4 is 29.2 Å². The van der Waals surface area contributed by atoms with Gasteiger partial charge >= 0.3 is 6.03 Å². The Kier molecular flexibility index (Phi) is 7.70. The summed E-state index contributed by atoms with van der Waals surface area (Å²) in [6.45, 7) is 1.69. The Morgan fingerprint density at radius 3 is 2.65 bits per heavy atom. The first-order valence-electron chi connectivity index (χ1n) is 11.3. The number of methoxy groups -OCH3 is 1. The fraction of sp³-hybridized carbons (Fsp3) is 0.259. The van der Waals surface area contributed by atoms with Crippen molar-refractivity contribution in [1.29, 1.82) is 0 Å². The van der Waals surface area contributed by atoms with Crippen molar-refractivity contribution in [3.63, 3.8) is 0 Å². The Balaban J connectivity index is 1.38. The van der Waals surface area contributed by atoms with Gasteiger partial charge in [0.15, 0.2) is 0 Å². The van der Waals surface area contributed by atoms with Crippen LogP contribution < -0.4 is 15.4 Å². The minimum Gasteiger partial charge on any atom is -0.496 e. The van der Waals surface area contributed by atoms with Crippen LogP contribution in [-0.4, -0.2) is 37.0 Å². The number of piperidine rings is 1. The van der Waals surface area contributed by atoms with E-state index in [-0.39, 0.29) is 17.9 Å². The van der Waals surface area contributed by atoms with E-state index in [2.05, 4.69) is 10.6 Å². The van der Waals surface area contributed by atoms with Crippen molar-refractivity contribution in [2.24, 2.45) is 0 Å². The van der Waals surface area contributed by atoms with E-state index in [0.29, 0.717) is 35.9 Å². The number of hydrogen-bond acceptors (Lipinski definition) is 3. The van der Waals surface area contributed by atoms with Crippen LogP contribution in [0.5, 0.6) is 5.75 Å². The monoisotopic (exact) mass is 477 g/mol. The van der Waals surface area contributed by atoms with Gasteiger partial charge in [0.2, 0.25) is 0 Å². The average molecular weight is 478 g/mol. The molecule has 0 radical (unpaired) electrons. The van der Waals surface area contributed by atoms with Gasteiger partial charge in [-0.05, 0) is 60.9 Å². The summed E-state index contributed by atoms with van der Waals surface area (Å²) >= 11 is 5.93. The molecular formula is C27H28ClN3O3. The number of urea groups is 1. The molecule has 1 aliphatic heterocycles. The fourth-order valence-corrected chi connectivity index (χ4v) is 4.36. The number of nitrogens with one attached hydrogen (secondary N) is 2. The number of ether oxygens (including phenoxy) is 1. The van der Waals surface area contributed by atoms with Crippen LogP contribution in [0.15, 0.2) is 72.8 Å². The number of halogens is 1. The fourth-order valence-electron chi connectivity index (χ4n) is 4.23. The van der Waals surface area contributed by atoms with E-state index in [9.17, 15) is 9.59 Å². The van der Waals surface area contributed by atoms with E-state index < -0.39 is 0 Å². The van der Waals surface area contributed by atoms with Crippen molar-refractivity contribution in [1.82, 2.24) is 10.2 Å². The quantitative estimate of drug-likeness (QED) is 0.479. The zero-order chi connectivity index (χ0) is 23.9. The van der Waals surface area contributed by atoms with E-state index >= 15 is 0 Å². The molecule has 6 nitrogen and oxygen atoms in total.